The molecular formula is C18H28ClN7. The second kappa shape index (κ2) is 8.31. The van der Waals surface area contributed by atoms with E-state index in [1.165, 1.54) is 0 Å². The lowest BCUT2D eigenvalue weighted by Crippen LogP contribution is -2.46. The monoisotopic (exact) mass is 377 g/mol. The lowest BCUT2D eigenvalue weighted by molar-refractivity contribution is 0.248. The van der Waals surface area contributed by atoms with Gasteiger partial charge in [0.15, 0.2) is 0 Å². The highest BCUT2D eigenvalue weighted by atomic mass is 35.5. The zero-order valence-corrected chi connectivity index (χ0v) is 16.9. The molecule has 0 unspecified atom stereocenters. The number of rotatable bonds is 6. The van der Waals surface area contributed by atoms with Gasteiger partial charge in [-0.15, -0.1) is 5.10 Å². The van der Waals surface area contributed by atoms with Gasteiger partial charge in [-0.25, -0.2) is 4.98 Å². The van der Waals surface area contributed by atoms with Crippen molar-refractivity contribution in [2.24, 2.45) is 7.05 Å². The van der Waals surface area contributed by atoms with Gasteiger partial charge in [0.05, 0.1) is 17.1 Å². The smallest absolute Gasteiger partial charge is 0.245 e. The fourth-order valence-electron chi connectivity index (χ4n) is 3.43. The van der Waals surface area contributed by atoms with E-state index in [2.05, 4.69) is 45.9 Å². The van der Waals surface area contributed by atoms with Gasteiger partial charge in [-0.05, 0) is 19.3 Å². The molecule has 142 valence electrons. The number of hydrogen-bond donors (Lipinski definition) is 0. The van der Waals surface area contributed by atoms with E-state index in [9.17, 15) is 0 Å². The van der Waals surface area contributed by atoms with E-state index in [1.807, 2.05) is 7.05 Å². The molecule has 2 aromatic heterocycles. The van der Waals surface area contributed by atoms with Crippen molar-refractivity contribution in [3.63, 3.8) is 0 Å². The Bertz CT molecular complexity index is 750. The van der Waals surface area contributed by atoms with Crippen molar-refractivity contribution in [3.8, 4) is 0 Å². The highest BCUT2D eigenvalue weighted by Crippen LogP contribution is 2.23. The summed E-state index contributed by atoms with van der Waals surface area (Å²) in [6.45, 7) is 10.9. The maximum atomic E-state index is 6.43. The van der Waals surface area contributed by atoms with E-state index in [0.717, 1.165) is 85.7 Å². The van der Waals surface area contributed by atoms with Crippen molar-refractivity contribution < 1.29 is 0 Å². The van der Waals surface area contributed by atoms with Crippen LogP contribution < -0.4 is 4.90 Å². The van der Waals surface area contributed by atoms with Gasteiger partial charge in [-0.2, -0.15) is 10.2 Å². The number of nitrogens with zero attached hydrogens (tertiary/aromatic N) is 7. The Hall–Kier alpha value is -1.73. The summed E-state index contributed by atoms with van der Waals surface area (Å²) in [7, 11) is 1.90. The molecule has 1 fully saturated rings. The molecule has 26 heavy (non-hydrogen) atoms. The highest BCUT2D eigenvalue weighted by molar-refractivity contribution is 6.30. The molecule has 0 radical (unpaired) electrons. The van der Waals surface area contributed by atoms with Crippen molar-refractivity contribution in [3.05, 3.63) is 27.8 Å². The van der Waals surface area contributed by atoms with Crippen LogP contribution in [0.2, 0.25) is 5.15 Å². The second-order valence-electron chi connectivity index (χ2n) is 6.67. The Morgan fingerprint density at radius 1 is 0.885 bits per heavy atom. The van der Waals surface area contributed by atoms with Gasteiger partial charge in [-0.1, -0.05) is 32.4 Å². The molecule has 0 spiro atoms. The summed E-state index contributed by atoms with van der Waals surface area (Å²) in [5.41, 5.74) is 4.32. The van der Waals surface area contributed by atoms with Crippen molar-refractivity contribution in [1.29, 1.82) is 0 Å². The number of piperazine rings is 1. The van der Waals surface area contributed by atoms with Crippen LogP contribution in [0.5, 0.6) is 0 Å². The minimum atomic E-state index is 0.750. The standard InChI is InChI=1S/C18H28ClN7/c1-5-14-13(17(19)24(4)23-14)12-25-8-10-26(11-9-25)18-20-15(6-2)16(7-3)21-22-18/h5-12H2,1-4H3. The molecule has 1 aliphatic rings. The van der Waals surface area contributed by atoms with E-state index >= 15 is 0 Å². The van der Waals surface area contributed by atoms with E-state index in [4.69, 9.17) is 16.6 Å². The summed E-state index contributed by atoms with van der Waals surface area (Å²) < 4.78 is 1.77. The maximum absolute atomic E-state index is 6.43. The molecule has 1 aliphatic heterocycles. The summed E-state index contributed by atoms with van der Waals surface area (Å²) in [5.74, 6) is 0.757. The first-order chi connectivity index (χ1) is 12.6. The number of hydrogen-bond acceptors (Lipinski definition) is 6. The summed E-state index contributed by atoms with van der Waals surface area (Å²) in [4.78, 5) is 9.39. The van der Waals surface area contributed by atoms with Crippen LogP contribution in [-0.4, -0.2) is 56.0 Å². The topological polar surface area (TPSA) is 63.0 Å². The first kappa shape index (κ1) is 19.0. The Labute approximate surface area is 160 Å². The number of anilines is 1. The van der Waals surface area contributed by atoms with E-state index in [1.54, 1.807) is 4.68 Å². The average molecular weight is 378 g/mol. The summed E-state index contributed by atoms with van der Waals surface area (Å²) >= 11 is 6.43. The van der Waals surface area contributed by atoms with Gasteiger partial charge in [0.2, 0.25) is 5.95 Å². The van der Waals surface area contributed by atoms with E-state index in [0.29, 0.717) is 0 Å². The predicted molar refractivity (Wildman–Crippen MR) is 104 cm³/mol. The van der Waals surface area contributed by atoms with E-state index in [-0.39, 0.29) is 0 Å². The first-order valence-electron chi connectivity index (χ1n) is 9.47. The predicted octanol–water partition coefficient (Wildman–Crippen LogP) is 2.27. The Balaban J connectivity index is 1.65. The van der Waals surface area contributed by atoms with Gasteiger partial charge < -0.3 is 4.90 Å². The molecule has 0 saturated carbocycles. The maximum Gasteiger partial charge on any atom is 0.245 e. The van der Waals surface area contributed by atoms with E-state index < -0.39 is 0 Å². The summed E-state index contributed by atoms with van der Waals surface area (Å²) in [5, 5.41) is 14.0. The van der Waals surface area contributed by atoms with Crippen LogP contribution in [-0.2, 0) is 32.9 Å². The molecule has 0 N–H and O–H groups in total. The molecule has 2 aromatic rings. The van der Waals surface area contributed by atoms with Crippen LogP contribution in [0.3, 0.4) is 0 Å². The molecule has 8 heteroatoms. The molecular weight excluding hydrogens is 350 g/mol. The first-order valence-corrected chi connectivity index (χ1v) is 9.85. The molecule has 7 nitrogen and oxygen atoms in total. The molecule has 3 rings (SSSR count). The zero-order valence-electron chi connectivity index (χ0n) is 16.2. The van der Waals surface area contributed by atoms with Gasteiger partial charge in [0, 0.05) is 45.3 Å². The van der Waals surface area contributed by atoms with Gasteiger partial charge in [0.1, 0.15) is 5.15 Å². The van der Waals surface area contributed by atoms with Gasteiger partial charge >= 0.3 is 0 Å². The van der Waals surface area contributed by atoms with Crippen LogP contribution in [0.1, 0.15) is 43.4 Å². The lowest BCUT2D eigenvalue weighted by Gasteiger charge is -2.34. The number of aromatic nitrogens is 5. The molecule has 0 atom stereocenters. The summed E-state index contributed by atoms with van der Waals surface area (Å²) in [6, 6.07) is 0. The normalized spacial score (nSPS) is 15.7. The number of aryl methyl sites for hydroxylation is 4. The van der Waals surface area contributed by atoms with Crippen LogP contribution in [0.15, 0.2) is 0 Å². The average Bonchev–Trinajstić information content (AvgIpc) is 2.95. The minimum Gasteiger partial charge on any atom is -0.337 e. The molecule has 3 heterocycles. The van der Waals surface area contributed by atoms with Crippen LogP contribution in [0.4, 0.5) is 5.95 Å². The Kier molecular flexibility index (Phi) is 6.09. The Morgan fingerprint density at radius 2 is 1.54 bits per heavy atom. The molecule has 0 aliphatic carbocycles. The summed E-state index contributed by atoms with van der Waals surface area (Å²) in [6.07, 6.45) is 2.67. The fraction of sp³-hybridized carbons (Fsp3) is 0.667. The Morgan fingerprint density at radius 3 is 2.15 bits per heavy atom. The molecule has 0 amide bonds. The van der Waals surface area contributed by atoms with Gasteiger partial charge in [0.25, 0.3) is 0 Å². The minimum absolute atomic E-state index is 0.750. The quantitative estimate of drug-likeness (QED) is 0.769. The molecule has 1 saturated heterocycles. The SMILES string of the molecule is CCc1nnc(N2CCN(Cc3c(CC)nn(C)c3Cl)CC2)nc1CC. The van der Waals surface area contributed by atoms with Crippen LogP contribution in [0, 0.1) is 0 Å². The van der Waals surface area contributed by atoms with Crippen molar-refractivity contribution >= 4 is 17.5 Å². The zero-order chi connectivity index (χ0) is 18.7. The van der Waals surface area contributed by atoms with Crippen LogP contribution >= 0.6 is 11.6 Å². The van der Waals surface area contributed by atoms with Crippen molar-refractivity contribution in [1.82, 2.24) is 29.9 Å². The highest BCUT2D eigenvalue weighted by Gasteiger charge is 2.23. The third kappa shape index (κ3) is 3.83. The van der Waals surface area contributed by atoms with Crippen molar-refractivity contribution in [2.75, 3.05) is 31.1 Å². The lowest BCUT2D eigenvalue weighted by atomic mass is 10.2. The van der Waals surface area contributed by atoms with Crippen LogP contribution in [0.25, 0.3) is 0 Å². The second-order valence-corrected chi connectivity index (χ2v) is 7.03. The third-order valence-electron chi connectivity index (χ3n) is 5.02. The fourth-order valence-corrected chi connectivity index (χ4v) is 3.64. The molecule has 0 bridgehead atoms. The molecule has 0 aromatic carbocycles. The largest absolute Gasteiger partial charge is 0.337 e. The number of halogens is 1. The third-order valence-corrected chi connectivity index (χ3v) is 5.49. The van der Waals surface area contributed by atoms with Gasteiger partial charge in [-0.3, -0.25) is 9.58 Å². The van der Waals surface area contributed by atoms with Crippen molar-refractivity contribution in [2.45, 2.75) is 46.6 Å².